The van der Waals surface area contributed by atoms with Crippen LogP contribution in [0.15, 0.2) is 0 Å². The Morgan fingerprint density at radius 3 is 1.61 bits per heavy atom. The molecule has 0 aliphatic carbocycles. The molecule has 0 aromatic heterocycles. The predicted molar refractivity (Wildman–Crippen MR) is 68.7 cm³/mol. The second-order valence-corrected chi connectivity index (χ2v) is 4.85. The number of unbranched alkanes of at least 4 members (excludes halogenated alkanes) is 9. The van der Waals surface area contributed by atoms with E-state index in [1.54, 1.807) is 0 Å². The number of halogens is 3. The molecule has 0 saturated heterocycles. The van der Waals surface area contributed by atoms with Crippen LogP contribution in [0.2, 0.25) is 0 Å². The number of ether oxygens (including phenoxy) is 1. The first kappa shape index (κ1) is 17.8. The molecule has 0 amide bonds. The van der Waals surface area contributed by atoms with E-state index in [0.29, 0.717) is 0 Å². The topological polar surface area (TPSA) is 9.23 Å². The fourth-order valence-corrected chi connectivity index (χ4v) is 1.88. The first-order valence-electron chi connectivity index (χ1n) is 7.20. The summed E-state index contributed by atoms with van der Waals surface area (Å²) in [6, 6.07) is 0. The van der Waals surface area contributed by atoms with Crippen molar-refractivity contribution in [2.24, 2.45) is 0 Å². The van der Waals surface area contributed by atoms with E-state index in [-0.39, 0.29) is 6.61 Å². The molecule has 0 saturated carbocycles. The summed E-state index contributed by atoms with van der Waals surface area (Å²) in [6.45, 7) is 1.33. The number of hydrogen-bond acceptors (Lipinski definition) is 1. The van der Waals surface area contributed by atoms with Crippen molar-refractivity contribution in [2.75, 3.05) is 13.2 Å². The van der Waals surface area contributed by atoms with Crippen LogP contribution in [0.4, 0.5) is 13.2 Å². The third kappa shape index (κ3) is 15.8. The Kier molecular flexibility index (Phi) is 11.7. The molecule has 0 rings (SSSR count). The maximum Gasteiger partial charge on any atom is 0.411 e. The van der Waals surface area contributed by atoms with Crippen LogP contribution in [0.5, 0.6) is 0 Å². The summed E-state index contributed by atoms with van der Waals surface area (Å²) in [7, 11) is 0. The van der Waals surface area contributed by atoms with Gasteiger partial charge in [-0.25, -0.2) is 0 Å². The van der Waals surface area contributed by atoms with Crippen molar-refractivity contribution in [3.8, 4) is 0 Å². The van der Waals surface area contributed by atoms with E-state index in [1.165, 1.54) is 44.9 Å². The van der Waals surface area contributed by atoms with E-state index in [9.17, 15) is 13.2 Å². The van der Waals surface area contributed by atoms with Crippen LogP contribution in [0.1, 0.15) is 71.1 Å². The zero-order valence-corrected chi connectivity index (χ0v) is 11.5. The van der Waals surface area contributed by atoms with Crippen molar-refractivity contribution in [3.05, 3.63) is 0 Å². The van der Waals surface area contributed by atoms with Gasteiger partial charge in [0.2, 0.25) is 0 Å². The lowest BCUT2D eigenvalue weighted by atomic mass is 10.1. The lowest BCUT2D eigenvalue weighted by molar-refractivity contribution is -0.174. The van der Waals surface area contributed by atoms with Gasteiger partial charge in [-0.05, 0) is 6.42 Å². The minimum atomic E-state index is -4.18. The SMILES string of the molecule is CCCCCCCCCCCCOCC(F)(F)F. The summed E-state index contributed by atoms with van der Waals surface area (Å²) in [5, 5.41) is 0. The first-order valence-corrected chi connectivity index (χ1v) is 7.20. The quantitative estimate of drug-likeness (QED) is 0.425. The molecule has 0 aromatic carbocycles. The zero-order chi connectivity index (χ0) is 13.7. The van der Waals surface area contributed by atoms with Gasteiger partial charge in [0.25, 0.3) is 0 Å². The highest BCUT2D eigenvalue weighted by Gasteiger charge is 2.26. The smallest absolute Gasteiger partial charge is 0.372 e. The van der Waals surface area contributed by atoms with Crippen LogP contribution in [-0.2, 0) is 4.74 Å². The Morgan fingerprint density at radius 2 is 1.17 bits per heavy atom. The summed E-state index contributed by atoms with van der Waals surface area (Å²) >= 11 is 0. The molecule has 18 heavy (non-hydrogen) atoms. The summed E-state index contributed by atoms with van der Waals surface area (Å²) in [5.41, 5.74) is 0. The third-order valence-electron chi connectivity index (χ3n) is 2.91. The maximum absolute atomic E-state index is 11.7. The van der Waals surface area contributed by atoms with Gasteiger partial charge in [-0.3, -0.25) is 0 Å². The molecule has 0 unspecified atom stereocenters. The Hall–Kier alpha value is -0.250. The van der Waals surface area contributed by atoms with Gasteiger partial charge in [-0.1, -0.05) is 64.7 Å². The third-order valence-corrected chi connectivity index (χ3v) is 2.91. The second-order valence-electron chi connectivity index (χ2n) is 4.85. The average molecular weight is 268 g/mol. The monoisotopic (exact) mass is 268 g/mol. The van der Waals surface area contributed by atoms with Crippen molar-refractivity contribution in [1.29, 1.82) is 0 Å². The Balaban J connectivity index is 2.99. The lowest BCUT2D eigenvalue weighted by Gasteiger charge is -2.07. The van der Waals surface area contributed by atoms with Crippen LogP contribution < -0.4 is 0 Å². The predicted octanol–water partition coefficient (Wildman–Crippen LogP) is 5.49. The van der Waals surface area contributed by atoms with Crippen molar-refractivity contribution in [3.63, 3.8) is 0 Å². The van der Waals surface area contributed by atoms with Gasteiger partial charge in [0.15, 0.2) is 0 Å². The lowest BCUT2D eigenvalue weighted by Crippen LogP contribution is -2.17. The van der Waals surface area contributed by atoms with E-state index < -0.39 is 12.8 Å². The molecule has 0 spiro atoms. The molecule has 0 radical (unpaired) electrons. The molecule has 110 valence electrons. The van der Waals surface area contributed by atoms with Crippen LogP contribution in [0.3, 0.4) is 0 Å². The van der Waals surface area contributed by atoms with E-state index in [1.807, 2.05) is 0 Å². The molecule has 0 fully saturated rings. The molecule has 1 nitrogen and oxygen atoms in total. The molecule has 0 aliphatic heterocycles. The molecule has 0 aromatic rings. The van der Waals surface area contributed by atoms with Gasteiger partial charge in [-0.15, -0.1) is 0 Å². The number of rotatable bonds is 12. The molecule has 0 aliphatic rings. The van der Waals surface area contributed by atoms with Gasteiger partial charge in [0.1, 0.15) is 6.61 Å². The summed E-state index contributed by atoms with van der Waals surface area (Å²) in [6.07, 6.45) is 7.67. The van der Waals surface area contributed by atoms with Crippen LogP contribution in [0.25, 0.3) is 0 Å². The Bertz CT molecular complexity index is 169. The Morgan fingerprint density at radius 1 is 0.722 bits per heavy atom. The molecule has 4 heteroatoms. The van der Waals surface area contributed by atoms with Gasteiger partial charge in [-0.2, -0.15) is 13.2 Å². The molecule has 0 N–H and O–H groups in total. The van der Waals surface area contributed by atoms with Crippen LogP contribution >= 0.6 is 0 Å². The van der Waals surface area contributed by atoms with Crippen molar-refractivity contribution in [1.82, 2.24) is 0 Å². The highest BCUT2D eigenvalue weighted by molar-refractivity contribution is 4.49. The largest absolute Gasteiger partial charge is 0.411 e. The fraction of sp³-hybridized carbons (Fsp3) is 1.00. The minimum Gasteiger partial charge on any atom is -0.372 e. The number of hydrogen-bond donors (Lipinski definition) is 0. The van der Waals surface area contributed by atoms with Crippen LogP contribution in [0, 0.1) is 0 Å². The van der Waals surface area contributed by atoms with Gasteiger partial charge in [0.05, 0.1) is 0 Å². The Labute approximate surface area is 109 Å². The second kappa shape index (κ2) is 11.8. The van der Waals surface area contributed by atoms with Gasteiger partial charge >= 0.3 is 6.18 Å². The highest BCUT2D eigenvalue weighted by atomic mass is 19.4. The number of alkyl halides is 3. The minimum absolute atomic E-state index is 0.232. The molecular formula is C14H27F3O. The molecule has 0 heterocycles. The summed E-state index contributed by atoms with van der Waals surface area (Å²) in [4.78, 5) is 0. The maximum atomic E-state index is 11.7. The van der Waals surface area contributed by atoms with Crippen molar-refractivity contribution >= 4 is 0 Å². The van der Waals surface area contributed by atoms with Crippen molar-refractivity contribution in [2.45, 2.75) is 77.3 Å². The van der Waals surface area contributed by atoms with Crippen molar-refractivity contribution < 1.29 is 17.9 Å². The van der Waals surface area contributed by atoms with E-state index in [0.717, 1.165) is 19.3 Å². The van der Waals surface area contributed by atoms with Crippen LogP contribution in [-0.4, -0.2) is 19.4 Å². The van der Waals surface area contributed by atoms with E-state index in [4.69, 9.17) is 0 Å². The highest BCUT2D eigenvalue weighted by Crippen LogP contribution is 2.15. The normalized spacial score (nSPS) is 12.0. The molecule has 0 atom stereocenters. The first-order chi connectivity index (χ1) is 8.56. The average Bonchev–Trinajstić information content (AvgIpc) is 2.29. The molecular weight excluding hydrogens is 241 g/mol. The van der Waals surface area contributed by atoms with E-state index >= 15 is 0 Å². The van der Waals surface area contributed by atoms with Gasteiger partial charge in [0, 0.05) is 6.61 Å². The summed E-state index contributed by atoms with van der Waals surface area (Å²) in [5.74, 6) is 0. The zero-order valence-electron chi connectivity index (χ0n) is 11.5. The fourth-order valence-electron chi connectivity index (χ4n) is 1.88. The summed E-state index contributed by atoms with van der Waals surface area (Å²) < 4.78 is 39.7. The standard InChI is InChI=1S/C14H27F3O/c1-2-3-4-5-6-7-8-9-10-11-12-18-13-14(15,16)17/h2-13H2,1H3. The van der Waals surface area contributed by atoms with Gasteiger partial charge < -0.3 is 4.74 Å². The molecule has 0 bridgehead atoms. The van der Waals surface area contributed by atoms with E-state index in [2.05, 4.69) is 11.7 Å².